The van der Waals surface area contributed by atoms with E-state index < -0.39 is 8.07 Å². The predicted molar refractivity (Wildman–Crippen MR) is 105 cm³/mol. The van der Waals surface area contributed by atoms with Gasteiger partial charge in [-0.05, 0) is 16.7 Å². The molecule has 3 heteroatoms. The minimum atomic E-state index is -1.33. The second-order valence-corrected chi connectivity index (χ2v) is 11.9. The Bertz CT molecular complexity index is 713. The van der Waals surface area contributed by atoms with Gasteiger partial charge in [0.25, 0.3) is 0 Å². The SMILES string of the molecule is C[Si](C)(C)/C=C/C(=C\C(=O)NCc1ccccc1)c1ccccc1. The number of nitrogens with one attached hydrogen (secondary N) is 1. The lowest BCUT2D eigenvalue weighted by Crippen LogP contribution is -2.20. The molecule has 2 aromatic carbocycles. The van der Waals surface area contributed by atoms with Crippen molar-refractivity contribution in [2.45, 2.75) is 26.2 Å². The summed E-state index contributed by atoms with van der Waals surface area (Å²) in [6, 6.07) is 20.0. The molecule has 0 radical (unpaired) electrons. The van der Waals surface area contributed by atoms with Gasteiger partial charge >= 0.3 is 0 Å². The summed E-state index contributed by atoms with van der Waals surface area (Å²) in [4.78, 5) is 12.3. The molecule has 1 amide bonds. The third kappa shape index (κ3) is 6.38. The quantitative estimate of drug-likeness (QED) is 0.458. The largest absolute Gasteiger partial charge is 0.348 e. The van der Waals surface area contributed by atoms with Crippen LogP contribution in [0, 0.1) is 0 Å². The number of amides is 1. The fraction of sp³-hybridized carbons (Fsp3) is 0.190. The van der Waals surface area contributed by atoms with Crippen LogP contribution < -0.4 is 5.32 Å². The van der Waals surface area contributed by atoms with Gasteiger partial charge in [0.15, 0.2) is 0 Å². The average Bonchev–Trinajstić information content (AvgIpc) is 2.57. The van der Waals surface area contributed by atoms with Gasteiger partial charge in [-0.2, -0.15) is 0 Å². The van der Waals surface area contributed by atoms with Crippen LogP contribution >= 0.6 is 0 Å². The summed E-state index contributed by atoms with van der Waals surface area (Å²) in [5, 5.41) is 2.96. The van der Waals surface area contributed by atoms with E-state index in [1.165, 1.54) is 0 Å². The predicted octanol–water partition coefficient (Wildman–Crippen LogP) is 4.82. The van der Waals surface area contributed by atoms with Crippen molar-refractivity contribution in [3.05, 3.63) is 89.6 Å². The van der Waals surface area contributed by atoms with E-state index in [2.05, 4.69) is 36.7 Å². The summed E-state index contributed by atoms with van der Waals surface area (Å²) >= 11 is 0. The molecule has 0 spiro atoms. The summed E-state index contributed by atoms with van der Waals surface area (Å²) in [7, 11) is -1.33. The molecular formula is C21H25NOSi. The molecule has 1 N–H and O–H groups in total. The van der Waals surface area contributed by atoms with Crippen LogP contribution in [-0.2, 0) is 11.3 Å². The van der Waals surface area contributed by atoms with E-state index in [1.807, 2.05) is 60.7 Å². The van der Waals surface area contributed by atoms with Crippen LogP contribution in [0.3, 0.4) is 0 Å². The van der Waals surface area contributed by atoms with Crippen LogP contribution in [0.15, 0.2) is 78.5 Å². The van der Waals surface area contributed by atoms with E-state index in [0.29, 0.717) is 6.54 Å². The van der Waals surface area contributed by atoms with Crippen molar-refractivity contribution in [2.24, 2.45) is 0 Å². The lowest BCUT2D eigenvalue weighted by molar-refractivity contribution is -0.116. The van der Waals surface area contributed by atoms with Crippen molar-refractivity contribution in [3.63, 3.8) is 0 Å². The van der Waals surface area contributed by atoms with Gasteiger partial charge in [-0.25, -0.2) is 0 Å². The summed E-state index contributed by atoms with van der Waals surface area (Å²) < 4.78 is 0. The Labute approximate surface area is 145 Å². The van der Waals surface area contributed by atoms with Crippen LogP contribution in [0.4, 0.5) is 0 Å². The van der Waals surface area contributed by atoms with Gasteiger partial charge in [-0.1, -0.05) is 92.1 Å². The molecule has 24 heavy (non-hydrogen) atoms. The van der Waals surface area contributed by atoms with Crippen molar-refractivity contribution in [1.29, 1.82) is 0 Å². The fourth-order valence-corrected chi connectivity index (χ4v) is 2.85. The first-order chi connectivity index (χ1) is 11.4. The molecule has 2 nitrogen and oxygen atoms in total. The maximum absolute atomic E-state index is 12.3. The lowest BCUT2D eigenvalue weighted by atomic mass is 10.1. The first-order valence-electron chi connectivity index (χ1n) is 8.22. The number of carbonyl (C=O) groups is 1. The van der Waals surface area contributed by atoms with Crippen LogP contribution in [-0.4, -0.2) is 14.0 Å². The molecule has 0 unspecified atom stereocenters. The third-order valence-corrected chi connectivity index (χ3v) is 4.63. The zero-order valence-electron chi connectivity index (χ0n) is 14.6. The Morgan fingerprint density at radius 1 is 0.958 bits per heavy atom. The Morgan fingerprint density at radius 2 is 1.54 bits per heavy atom. The number of rotatable bonds is 6. The van der Waals surface area contributed by atoms with E-state index in [4.69, 9.17) is 0 Å². The lowest BCUT2D eigenvalue weighted by Gasteiger charge is -2.10. The van der Waals surface area contributed by atoms with Crippen LogP contribution in [0.25, 0.3) is 5.57 Å². The molecule has 2 aromatic rings. The van der Waals surface area contributed by atoms with Gasteiger partial charge in [0, 0.05) is 12.6 Å². The van der Waals surface area contributed by atoms with Crippen molar-refractivity contribution < 1.29 is 4.79 Å². The Balaban J connectivity index is 2.15. The van der Waals surface area contributed by atoms with E-state index in [1.54, 1.807) is 6.08 Å². The van der Waals surface area contributed by atoms with Crippen LogP contribution in [0.5, 0.6) is 0 Å². The molecule has 0 aliphatic heterocycles. The minimum Gasteiger partial charge on any atom is -0.348 e. The van der Waals surface area contributed by atoms with E-state index in [9.17, 15) is 4.79 Å². The topological polar surface area (TPSA) is 29.1 Å². The van der Waals surface area contributed by atoms with Gasteiger partial charge < -0.3 is 5.32 Å². The molecular weight excluding hydrogens is 310 g/mol. The molecule has 0 fully saturated rings. The Kier molecular flexibility index (Phi) is 6.33. The highest BCUT2D eigenvalue weighted by atomic mass is 28.3. The summed E-state index contributed by atoms with van der Waals surface area (Å²) in [5.74, 6) is -0.0714. The second-order valence-electron chi connectivity index (χ2n) is 6.87. The monoisotopic (exact) mass is 335 g/mol. The molecule has 0 saturated heterocycles. The standard InChI is InChI=1S/C21H25NOSi/c1-24(2,3)15-14-20(19-12-8-5-9-13-19)16-21(23)22-17-18-10-6-4-7-11-18/h4-16H,17H2,1-3H3,(H,22,23)/b15-14+,20-16+. The zero-order valence-corrected chi connectivity index (χ0v) is 15.6. The number of allylic oxidation sites excluding steroid dienone is 2. The molecule has 0 bridgehead atoms. The second kappa shape index (κ2) is 8.46. The normalized spacial score (nSPS) is 12.4. The average molecular weight is 336 g/mol. The molecule has 0 aliphatic carbocycles. The highest BCUT2D eigenvalue weighted by Gasteiger charge is 2.09. The van der Waals surface area contributed by atoms with Crippen LogP contribution in [0.1, 0.15) is 11.1 Å². The summed E-state index contributed by atoms with van der Waals surface area (Å²) in [5.41, 5.74) is 5.36. The molecule has 124 valence electrons. The number of hydrogen-bond donors (Lipinski definition) is 1. The maximum atomic E-state index is 12.3. The molecule has 2 rings (SSSR count). The molecule has 0 aromatic heterocycles. The third-order valence-electron chi connectivity index (χ3n) is 3.47. The van der Waals surface area contributed by atoms with E-state index in [0.717, 1.165) is 16.7 Å². The van der Waals surface area contributed by atoms with Gasteiger partial charge in [0.2, 0.25) is 5.91 Å². The molecule has 0 heterocycles. The van der Waals surface area contributed by atoms with Crippen molar-refractivity contribution in [1.82, 2.24) is 5.32 Å². The van der Waals surface area contributed by atoms with Gasteiger partial charge in [-0.3, -0.25) is 4.79 Å². The zero-order chi connectivity index (χ0) is 17.4. The van der Waals surface area contributed by atoms with Gasteiger partial charge in [-0.15, -0.1) is 0 Å². The summed E-state index contributed by atoms with van der Waals surface area (Å²) in [6.45, 7) is 7.38. The number of carbonyl (C=O) groups excluding carboxylic acids is 1. The van der Waals surface area contributed by atoms with Crippen molar-refractivity contribution in [3.8, 4) is 0 Å². The number of hydrogen-bond acceptors (Lipinski definition) is 1. The van der Waals surface area contributed by atoms with Crippen molar-refractivity contribution in [2.75, 3.05) is 0 Å². The minimum absolute atomic E-state index is 0.0714. The van der Waals surface area contributed by atoms with Gasteiger partial charge in [0.05, 0.1) is 8.07 Å². The van der Waals surface area contributed by atoms with Crippen LogP contribution in [0.2, 0.25) is 19.6 Å². The van der Waals surface area contributed by atoms with Crippen molar-refractivity contribution >= 4 is 19.6 Å². The molecule has 0 atom stereocenters. The Hall–Kier alpha value is -2.39. The first kappa shape index (κ1) is 18.0. The smallest absolute Gasteiger partial charge is 0.244 e. The highest BCUT2D eigenvalue weighted by Crippen LogP contribution is 2.17. The maximum Gasteiger partial charge on any atom is 0.244 e. The molecule has 0 aliphatic rings. The highest BCUT2D eigenvalue weighted by molar-refractivity contribution is 6.81. The van der Waals surface area contributed by atoms with E-state index >= 15 is 0 Å². The fourth-order valence-electron chi connectivity index (χ4n) is 2.18. The number of benzene rings is 2. The first-order valence-corrected chi connectivity index (χ1v) is 11.8. The molecule has 0 saturated carbocycles. The van der Waals surface area contributed by atoms with E-state index in [-0.39, 0.29) is 5.91 Å². The summed E-state index contributed by atoms with van der Waals surface area (Å²) in [6.07, 6.45) is 3.78. The Morgan fingerprint density at radius 3 is 2.12 bits per heavy atom. The van der Waals surface area contributed by atoms with Gasteiger partial charge in [0.1, 0.15) is 0 Å².